The Balaban J connectivity index is 1.40. The summed E-state index contributed by atoms with van der Waals surface area (Å²) in [6.45, 7) is 0. The molecule has 4 rings (SSSR count). The number of rotatable bonds is 4. The molecule has 1 aromatic carbocycles. The predicted octanol–water partition coefficient (Wildman–Crippen LogP) is 4.28. The standard InChI is InChI=1S/C19H20ClF3N4O/c20-17-5-1-12(9-16(17)19(21,22)23)2-6-18(28)26-13-3-4-14(26)11-15(10-13)27-24-7-8-25-27/h1,5,7-9,13-15H,2-4,6,10-11H2. The van der Waals surface area contributed by atoms with Gasteiger partial charge in [-0.05, 0) is 49.8 Å². The number of carbonyl (C=O) groups is 1. The smallest absolute Gasteiger partial charge is 0.337 e. The molecule has 28 heavy (non-hydrogen) atoms. The molecule has 2 unspecified atom stereocenters. The summed E-state index contributed by atoms with van der Waals surface area (Å²) in [6.07, 6.45) is 2.79. The molecule has 9 heteroatoms. The van der Waals surface area contributed by atoms with Crippen LogP contribution in [-0.2, 0) is 17.4 Å². The van der Waals surface area contributed by atoms with Crippen molar-refractivity contribution in [1.29, 1.82) is 0 Å². The third-order valence-corrected chi connectivity index (χ3v) is 6.05. The molecule has 2 saturated heterocycles. The molecular formula is C19H20ClF3N4O. The van der Waals surface area contributed by atoms with Gasteiger partial charge in [0, 0.05) is 18.5 Å². The van der Waals surface area contributed by atoms with Crippen molar-refractivity contribution < 1.29 is 18.0 Å². The lowest BCUT2D eigenvalue weighted by Crippen LogP contribution is -2.47. The van der Waals surface area contributed by atoms with E-state index in [2.05, 4.69) is 10.2 Å². The van der Waals surface area contributed by atoms with Crippen molar-refractivity contribution >= 4 is 17.5 Å². The Morgan fingerprint density at radius 1 is 1.11 bits per heavy atom. The predicted molar refractivity (Wildman–Crippen MR) is 96.7 cm³/mol. The summed E-state index contributed by atoms with van der Waals surface area (Å²) < 4.78 is 39.0. The van der Waals surface area contributed by atoms with E-state index in [0.29, 0.717) is 5.56 Å². The number of halogens is 4. The number of carbonyl (C=O) groups excluding carboxylic acids is 1. The first kappa shape index (κ1) is 19.2. The summed E-state index contributed by atoms with van der Waals surface area (Å²) in [5.41, 5.74) is -0.389. The van der Waals surface area contributed by atoms with E-state index >= 15 is 0 Å². The Morgan fingerprint density at radius 3 is 2.36 bits per heavy atom. The van der Waals surface area contributed by atoms with Gasteiger partial charge < -0.3 is 4.90 Å². The number of hydrogen-bond donors (Lipinski definition) is 0. The highest BCUT2D eigenvalue weighted by atomic mass is 35.5. The number of fused-ring (bicyclic) bond motifs is 2. The van der Waals surface area contributed by atoms with Crippen LogP contribution < -0.4 is 0 Å². The third-order valence-electron chi connectivity index (χ3n) is 5.72. The average Bonchev–Trinajstić information content (AvgIpc) is 3.26. The molecule has 5 nitrogen and oxygen atoms in total. The zero-order valence-corrected chi connectivity index (χ0v) is 15.8. The van der Waals surface area contributed by atoms with E-state index in [1.54, 1.807) is 23.3 Å². The number of amides is 1. The van der Waals surface area contributed by atoms with Crippen molar-refractivity contribution in [3.05, 3.63) is 46.7 Å². The van der Waals surface area contributed by atoms with Crippen molar-refractivity contribution in [2.45, 2.75) is 62.8 Å². The second kappa shape index (κ2) is 7.39. The van der Waals surface area contributed by atoms with Crippen LogP contribution in [0.5, 0.6) is 0 Å². The van der Waals surface area contributed by atoms with Gasteiger partial charge in [-0.1, -0.05) is 17.7 Å². The maximum atomic E-state index is 13.0. The molecule has 0 saturated carbocycles. The number of benzene rings is 1. The number of alkyl halides is 3. The third kappa shape index (κ3) is 3.74. The summed E-state index contributed by atoms with van der Waals surface area (Å²) in [4.78, 5) is 16.5. The first-order valence-corrected chi connectivity index (χ1v) is 9.73. The Morgan fingerprint density at radius 2 is 1.75 bits per heavy atom. The van der Waals surface area contributed by atoms with Crippen LogP contribution in [0, 0.1) is 0 Å². The molecule has 150 valence electrons. The van der Waals surface area contributed by atoms with Crippen molar-refractivity contribution in [3.8, 4) is 0 Å². The van der Waals surface area contributed by atoms with E-state index < -0.39 is 11.7 Å². The maximum absolute atomic E-state index is 13.0. The quantitative estimate of drug-likeness (QED) is 0.753. The molecule has 0 N–H and O–H groups in total. The monoisotopic (exact) mass is 412 g/mol. The van der Waals surface area contributed by atoms with Gasteiger partial charge in [-0.3, -0.25) is 4.79 Å². The minimum Gasteiger partial charge on any atom is -0.337 e. The average molecular weight is 413 g/mol. The normalized spacial score (nSPS) is 24.6. The van der Waals surface area contributed by atoms with Crippen LogP contribution in [0.15, 0.2) is 30.6 Å². The second-order valence-corrected chi connectivity index (χ2v) is 7.88. The number of aryl methyl sites for hydroxylation is 1. The summed E-state index contributed by atoms with van der Waals surface area (Å²) in [6, 6.07) is 4.34. The molecule has 0 radical (unpaired) electrons. The van der Waals surface area contributed by atoms with Gasteiger partial charge in [0.25, 0.3) is 0 Å². The number of piperidine rings is 1. The molecule has 2 fully saturated rings. The molecule has 2 bridgehead atoms. The lowest BCUT2D eigenvalue weighted by molar-refractivity contribution is -0.137. The highest BCUT2D eigenvalue weighted by molar-refractivity contribution is 6.31. The summed E-state index contributed by atoms with van der Waals surface area (Å²) in [7, 11) is 0. The molecule has 2 atom stereocenters. The second-order valence-electron chi connectivity index (χ2n) is 7.47. The molecule has 2 aliphatic heterocycles. The topological polar surface area (TPSA) is 51.0 Å². The maximum Gasteiger partial charge on any atom is 0.417 e. The van der Waals surface area contributed by atoms with Crippen LogP contribution in [0.4, 0.5) is 13.2 Å². The van der Waals surface area contributed by atoms with Crippen LogP contribution in [0.3, 0.4) is 0 Å². The lowest BCUT2D eigenvalue weighted by atomic mass is 9.96. The van der Waals surface area contributed by atoms with E-state index in [9.17, 15) is 18.0 Å². The van der Waals surface area contributed by atoms with Gasteiger partial charge >= 0.3 is 6.18 Å². The highest BCUT2D eigenvalue weighted by Crippen LogP contribution is 2.41. The van der Waals surface area contributed by atoms with E-state index in [-0.39, 0.29) is 41.9 Å². The SMILES string of the molecule is O=C(CCc1ccc(Cl)c(C(F)(F)F)c1)N1C2CCC1CC(n1nccn1)C2. The van der Waals surface area contributed by atoms with E-state index in [1.165, 1.54) is 6.07 Å². The van der Waals surface area contributed by atoms with Crippen LogP contribution in [0.2, 0.25) is 5.02 Å². The first-order chi connectivity index (χ1) is 13.3. The van der Waals surface area contributed by atoms with E-state index in [1.807, 2.05) is 4.90 Å². The van der Waals surface area contributed by atoms with Crippen molar-refractivity contribution in [2.24, 2.45) is 0 Å². The number of aromatic nitrogens is 3. The summed E-state index contributed by atoms with van der Waals surface area (Å²) >= 11 is 5.66. The van der Waals surface area contributed by atoms with Gasteiger partial charge in [0.2, 0.25) is 5.91 Å². The molecule has 2 aliphatic rings. The highest BCUT2D eigenvalue weighted by Gasteiger charge is 2.44. The van der Waals surface area contributed by atoms with E-state index in [0.717, 1.165) is 31.7 Å². The van der Waals surface area contributed by atoms with Crippen molar-refractivity contribution in [2.75, 3.05) is 0 Å². The first-order valence-electron chi connectivity index (χ1n) is 9.35. The molecular weight excluding hydrogens is 393 g/mol. The minimum absolute atomic E-state index is 0.00267. The van der Waals surface area contributed by atoms with Crippen LogP contribution >= 0.6 is 11.6 Å². The molecule has 0 spiro atoms. The van der Waals surface area contributed by atoms with Gasteiger partial charge in [0.15, 0.2) is 0 Å². The molecule has 3 heterocycles. The Kier molecular flexibility index (Phi) is 5.07. The zero-order chi connectivity index (χ0) is 19.9. The zero-order valence-electron chi connectivity index (χ0n) is 15.1. The van der Waals surface area contributed by atoms with Crippen LogP contribution in [0.25, 0.3) is 0 Å². The Labute approximate surface area is 165 Å². The van der Waals surface area contributed by atoms with Gasteiger partial charge in [-0.15, -0.1) is 0 Å². The van der Waals surface area contributed by atoms with Crippen molar-refractivity contribution in [1.82, 2.24) is 19.9 Å². The fraction of sp³-hybridized carbons (Fsp3) is 0.526. The summed E-state index contributed by atoms with van der Waals surface area (Å²) in [5.74, 6) is 0.00267. The lowest BCUT2D eigenvalue weighted by Gasteiger charge is -2.38. The molecule has 2 aromatic rings. The fourth-order valence-corrected chi connectivity index (χ4v) is 4.71. The molecule has 1 amide bonds. The summed E-state index contributed by atoms with van der Waals surface area (Å²) in [5, 5.41) is 8.11. The largest absolute Gasteiger partial charge is 0.417 e. The van der Waals surface area contributed by atoms with Gasteiger partial charge in [-0.2, -0.15) is 28.2 Å². The van der Waals surface area contributed by atoms with Gasteiger partial charge in [-0.25, -0.2) is 0 Å². The minimum atomic E-state index is -4.50. The fourth-order valence-electron chi connectivity index (χ4n) is 4.48. The van der Waals surface area contributed by atoms with Crippen LogP contribution in [0.1, 0.15) is 49.3 Å². The van der Waals surface area contributed by atoms with Crippen LogP contribution in [-0.4, -0.2) is 37.9 Å². The number of nitrogens with zero attached hydrogens (tertiary/aromatic N) is 4. The Hall–Kier alpha value is -2.09. The van der Waals surface area contributed by atoms with E-state index in [4.69, 9.17) is 11.6 Å². The Bertz CT molecular complexity index is 841. The molecule has 1 aromatic heterocycles. The van der Waals surface area contributed by atoms with Gasteiger partial charge in [0.05, 0.1) is 29.0 Å². The molecule has 0 aliphatic carbocycles. The van der Waals surface area contributed by atoms with Crippen molar-refractivity contribution in [3.63, 3.8) is 0 Å². The van der Waals surface area contributed by atoms with Gasteiger partial charge in [0.1, 0.15) is 0 Å². The number of hydrogen-bond acceptors (Lipinski definition) is 3.